The van der Waals surface area contributed by atoms with Crippen LogP contribution in [-0.2, 0) is 7.05 Å². The fourth-order valence-corrected chi connectivity index (χ4v) is 0.663. The predicted molar refractivity (Wildman–Crippen MR) is 41.0 cm³/mol. The molecule has 1 aromatic rings. The summed E-state index contributed by atoms with van der Waals surface area (Å²) in [7, 11) is 1.79. The van der Waals surface area contributed by atoms with Crippen molar-refractivity contribution in [2.45, 2.75) is 6.42 Å². The molecule has 0 spiro atoms. The van der Waals surface area contributed by atoms with E-state index in [0.29, 0.717) is 18.9 Å². The number of nitrogens with zero attached hydrogens (tertiary/aromatic N) is 2. The quantitative estimate of drug-likeness (QED) is 0.465. The van der Waals surface area contributed by atoms with Gasteiger partial charge in [0.25, 0.3) is 0 Å². The Hall–Kier alpha value is -1.43. The Bertz CT molecular complexity index is 259. The van der Waals surface area contributed by atoms with Crippen LogP contribution >= 0.6 is 0 Å². The second-order valence-electron chi connectivity index (χ2n) is 2.04. The van der Waals surface area contributed by atoms with E-state index in [0.717, 1.165) is 0 Å². The third kappa shape index (κ3) is 2.01. The summed E-state index contributed by atoms with van der Waals surface area (Å²) in [4.78, 5) is 0. The number of hydrogen-bond acceptors (Lipinski definition) is 2. The highest BCUT2D eigenvalue weighted by molar-refractivity contribution is 5.05. The maximum Gasteiger partial charge on any atom is 0.212 e. The van der Waals surface area contributed by atoms with Crippen molar-refractivity contribution in [1.29, 1.82) is 0 Å². The standard InChI is InChI=1S/C8H9N2O/c1-3-4-7-11-8-5-6-9-10(8)2/h1,5H,4,7H2,2H3. The van der Waals surface area contributed by atoms with Gasteiger partial charge in [0, 0.05) is 19.5 Å². The molecule has 0 unspecified atom stereocenters. The molecule has 0 atom stereocenters. The molecule has 0 bridgehead atoms. The molecule has 0 fully saturated rings. The lowest BCUT2D eigenvalue weighted by molar-refractivity contribution is 0.298. The van der Waals surface area contributed by atoms with Crippen LogP contribution in [0.1, 0.15) is 6.42 Å². The molecule has 1 aromatic heterocycles. The van der Waals surface area contributed by atoms with Crippen LogP contribution in [0.25, 0.3) is 0 Å². The number of hydrogen-bond donors (Lipinski definition) is 0. The van der Waals surface area contributed by atoms with E-state index in [-0.39, 0.29) is 0 Å². The Labute approximate surface area is 66.0 Å². The van der Waals surface area contributed by atoms with Crippen molar-refractivity contribution in [2.75, 3.05) is 6.61 Å². The number of ether oxygens (including phenoxy) is 1. The van der Waals surface area contributed by atoms with E-state index in [1.54, 1.807) is 17.8 Å². The Balaban J connectivity index is 2.40. The van der Waals surface area contributed by atoms with Crippen molar-refractivity contribution in [3.63, 3.8) is 0 Å². The topological polar surface area (TPSA) is 27.1 Å². The summed E-state index contributed by atoms with van der Waals surface area (Å²) in [6.45, 7) is 0.532. The summed E-state index contributed by atoms with van der Waals surface area (Å²) in [5.41, 5.74) is 0. The monoisotopic (exact) mass is 149 g/mol. The van der Waals surface area contributed by atoms with Crippen LogP contribution in [0.5, 0.6) is 5.88 Å². The zero-order valence-corrected chi connectivity index (χ0v) is 6.37. The molecule has 1 rings (SSSR count). The van der Waals surface area contributed by atoms with Crippen molar-refractivity contribution >= 4 is 0 Å². The molecule has 3 heteroatoms. The lowest BCUT2D eigenvalue weighted by Gasteiger charge is -2.01. The maximum atomic E-state index is 5.24. The molecule has 0 aliphatic carbocycles. The lowest BCUT2D eigenvalue weighted by atomic mass is 10.5. The molecule has 1 radical (unpaired) electrons. The summed E-state index contributed by atoms with van der Waals surface area (Å²) >= 11 is 0. The summed E-state index contributed by atoms with van der Waals surface area (Å²) < 4.78 is 6.85. The predicted octanol–water partition coefficient (Wildman–Crippen LogP) is 0.622. The summed E-state index contributed by atoms with van der Waals surface area (Å²) in [5, 5.41) is 3.81. The van der Waals surface area contributed by atoms with Crippen molar-refractivity contribution < 1.29 is 4.74 Å². The van der Waals surface area contributed by atoms with E-state index in [1.165, 1.54) is 0 Å². The average molecular weight is 149 g/mol. The second kappa shape index (κ2) is 3.67. The zero-order valence-electron chi connectivity index (χ0n) is 6.37. The molecule has 0 N–H and O–H groups in total. The minimum Gasteiger partial charge on any atom is -0.477 e. The van der Waals surface area contributed by atoms with Crippen molar-refractivity contribution in [3.05, 3.63) is 12.3 Å². The first-order valence-electron chi connectivity index (χ1n) is 3.31. The molecule has 0 aliphatic heterocycles. The van der Waals surface area contributed by atoms with Gasteiger partial charge in [0.05, 0.1) is 0 Å². The van der Waals surface area contributed by atoms with Crippen LogP contribution < -0.4 is 4.74 Å². The Morgan fingerprint density at radius 3 is 3.27 bits per heavy atom. The third-order valence-corrected chi connectivity index (χ3v) is 1.21. The summed E-state index contributed by atoms with van der Waals surface area (Å²) in [5.74, 6) is 3.18. The Morgan fingerprint density at radius 2 is 2.73 bits per heavy atom. The van der Waals surface area contributed by atoms with Gasteiger partial charge in [0.15, 0.2) is 0 Å². The number of aromatic nitrogens is 2. The van der Waals surface area contributed by atoms with Crippen LogP contribution in [0.3, 0.4) is 0 Å². The van der Waals surface area contributed by atoms with Gasteiger partial charge in [-0.3, -0.25) is 0 Å². The minimum absolute atomic E-state index is 0.532. The molecule has 11 heavy (non-hydrogen) atoms. The molecule has 57 valence electrons. The molecule has 1 heterocycles. The second-order valence-corrected chi connectivity index (χ2v) is 2.04. The molecule has 3 nitrogen and oxygen atoms in total. The van der Waals surface area contributed by atoms with Crippen LogP contribution in [0.15, 0.2) is 6.07 Å². The summed E-state index contributed by atoms with van der Waals surface area (Å²) in [6.07, 6.45) is 8.32. The Kier molecular flexibility index (Phi) is 2.56. The van der Waals surface area contributed by atoms with Crippen LogP contribution in [-0.4, -0.2) is 16.4 Å². The number of terminal acetylenes is 1. The van der Waals surface area contributed by atoms with Gasteiger partial charge in [-0.05, 0) is 0 Å². The minimum atomic E-state index is 0.532. The fourth-order valence-electron chi connectivity index (χ4n) is 0.663. The third-order valence-electron chi connectivity index (χ3n) is 1.21. The van der Waals surface area contributed by atoms with E-state index in [4.69, 9.17) is 11.2 Å². The smallest absolute Gasteiger partial charge is 0.212 e. The molecular formula is C8H9N2O. The maximum absolute atomic E-state index is 5.24. The van der Waals surface area contributed by atoms with Gasteiger partial charge < -0.3 is 4.74 Å². The van der Waals surface area contributed by atoms with Gasteiger partial charge in [0.1, 0.15) is 12.8 Å². The zero-order chi connectivity index (χ0) is 8.10. The lowest BCUT2D eigenvalue weighted by Crippen LogP contribution is -2.01. The van der Waals surface area contributed by atoms with Gasteiger partial charge in [-0.15, -0.1) is 12.3 Å². The molecule has 0 amide bonds. The normalized spacial score (nSPS) is 9.09. The van der Waals surface area contributed by atoms with Gasteiger partial charge in [0.2, 0.25) is 5.88 Å². The average Bonchev–Trinajstić information content (AvgIpc) is 2.37. The highest BCUT2D eigenvalue weighted by atomic mass is 16.5. The molecule has 0 aromatic carbocycles. The fraction of sp³-hybridized carbons (Fsp3) is 0.375. The van der Waals surface area contributed by atoms with Crippen LogP contribution in [0.2, 0.25) is 0 Å². The van der Waals surface area contributed by atoms with Gasteiger partial charge in [-0.2, -0.15) is 5.10 Å². The number of rotatable bonds is 3. The van der Waals surface area contributed by atoms with Gasteiger partial charge in [-0.25, -0.2) is 4.68 Å². The highest BCUT2D eigenvalue weighted by Crippen LogP contribution is 2.05. The molecule has 0 aliphatic rings. The van der Waals surface area contributed by atoms with Crippen LogP contribution in [0, 0.1) is 18.5 Å². The molecule has 0 saturated heterocycles. The van der Waals surface area contributed by atoms with Crippen LogP contribution in [0.4, 0.5) is 0 Å². The SMILES string of the molecule is C#CCCOc1c[c]nn1C. The van der Waals surface area contributed by atoms with Gasteiger partial charge >= 0.3 is 0 Å². The first-order valence-corrected chi connectivity index (χ1v) is 3.31. The van der Waals surface area contributed by atoms with E-state index in [1.807, 2.05) is 0 Å². The molecular weight excluding hydrogens is 140 g/mol. The number of aryl methyl sites for hydroxylation is 1. The van der Waals surface area contributed by atoms with E-state index < -0.39 is 0 Å². The van der Waals surface area contributed by atoms with Crippen molar-refractivity contribution in [2.24, 2.45) is 7.05 Å². The first kappa shape index (κ1) is 7.67. The van der Waals surface area contributed by atoms with Crippen molar-refractivity contribution in [3.8, 4) is 18.2 Å². The van der Waals surface area contributed by atoms with Crippen molar-refractivity contribution in [1.82, 2.24) is 9.78 Å². The van der Waals surface area contributed by atoms with E-state index in [2.05, 4.69) is 17.2 Å². The summed E-state index contributed by atoms with van der Waals surface area (Å²) in [6, 6.07) is 1.68. The van der Waals surface area contributed by atoms with E-state index in [9.17, 15) is 0 Å². The Morgan fingerprint density at radius 1 is 1.91 bits per heavy atom. The first-order chi connectivity index (χ1) is 5.34. The van der Waals surface area contributed by atoms with E-state index >= 15 is 0 Å². The van der Waals surface area contributed by atoms with Gasteiger partial charge in [-0.1, -0.05) is 0 Å². The molecule has 0 saturated carbocycles. The highest BCUT2D eigenvalue weighted by Gasteiger charge is 1.96. The largest absolute Gasteiger partial charge is 0.477 e.